The van der Waals surface area contributed by atoms with Crippen LogP contribution in [0, 0.1) is 5.82 Å². The Kier molecular flexibility index (Phi) is 4.53. The van der Waals surface area contributed by atoms with Crippen LogP contribution >= 0.6 is 0 Å². The summed E-state index contributed by atoms with van der Waals surface area (Å²) in [7, 11) is 1.43. The predicted molar refractivity (Wildman–Crippen MR) is 118 cm³/mol. The molecule has 1 aliphatic rings. The SMILES string of the molecule is COc1cc(-n2c(C(C)C)c(C3CC(O)(C(=O)O)C3)c3cc4[nH]ncc4cc32)ccc1F. The van der Waals surface area contributed by atoms with Crippen LogP contribution in [0.4, 0.5) is 4.39 Å². The first-order valence-electron chi connectivity index (χ1n) is 10.5. The summed E-state index contributed by atoms with van der Waals surface area (Å²) in [5, 5.41) is 28.8. The second kappa shape index (κ2) is 7.06. The zero-order chi connectivity index (χ0) is 22.8. The Bertz CT molecular complexity index is 1360. The Morgan fingerprint density at radius 1 is 1.31 bits per heavy atom. The molecule has 0 radical (unpaired) electrons. The third-order valence-corrected chi connectivity index (χ3v) is 6.52. The fourth-order valence-electron chi connectivity index (χ4n) is 4.97. The molecule has 3 N–H and O–H groups in total. The molecule has 0 saturated heterocycles. The van der Waals surface area contributed by atoms with Gasteiger partial charge in [0.15, 0.2) is 17.2 Å². The number of H-pyrrole nitrogens is 1. The summed E-state index contributed by atoms with van der Waals surface area (Å²) < 4.78 is 21.5. The van der Waals surface area contributed by atoms with Crippen molar-refractivity contribution in [2.75, 3.05) is 7.11 Å². The fourth-order valence-corrected chi connectivity index (χ4v) is 4.97. The van der Waals surface area contributed by atoms with Crippen LogP contribution < -0.4 is 4.74 Å². The molecule has 4 aromatic rings. The van der Waals surface area contributed by atoms with Gasteiger partial charge in [-0.25, -0.2) is 9.18 Å². The highest BCUT2D eigenvalue weighted by molar-refractivity contribution is 5.99. The summed E-state index contributed by atoms with van der Waals surface area (Å²) in [4.78, 5) is 11.5. The molecule has 8 heteroatoms. The van der Waals surface area contributed by atoms with Gasteiger partial charge in [-0.15, -0.1) is 0 Å². The Hall–Kier alpha value is -3.39. The molecule has 7 nitrogen and oxygen atoms in total. The minimum absolute atomic E-state index is 0.0865. The number of carbonyl (C=O) groups is 1. The number of benzene rings is 2. The number of aromatic nitrogens is 3. The first-order chi connectivity index (χ1) is 15.2. The van der Waals surface area contributed by atoms with Crippen molar-refractivity contribution in [3.05, 3.63) is 53.6 Å². The number of nitrogens with zero attached hydrogens (tertiary/aromatic N) is 2. The van der Waals surface area contributed by atoms with Crippen molar-refractivity contribution in [1.82, 2.24) is 14.8 Å². The molecule has 0 atom stereocenters. The number of rotatable bonds is 5. The highest BCUT2D eigenvalue weighted by Crippen LogP contribution is 2.51. The molecule has 0 bridgehead atoms. The summed E-state index contributed by atoms with van der Waals surface area (Å²) in [5.74, 6) is -1.51. The number of fused-ring (bicyclic) bond motifs is 2. The van der Waals surface area contributed by atoms with E-state index in [1.807, 2.05) is 12.1 Å². The van der Waals surface area contributed by atoms with E-state index in [1.54, 1.807) is 18.3 Å². The van der Waals surface area contributed by atoms with E-state index in [0.717, 1.165) is 38.8 Å². The van der Waals surface area contributed by atoms with Crippen LogP contribution in [-0.4, -0.2) is 43.7 Å². The van der Waals surface area contributed by atoms with E-state index in [4.69, 9.17) is 4.74 Å². The average molecular weight is 437 g/mol. The van der Waals surface area contributed by atoms with Crippen molar-refractivity contribution in [2.24, 2.45) is 0 Å². The number of methoxy groups -OCH3 is 1. The Balaban J connectivity index is 1.81. The molecule has 1 aliphatic carbocycles. The fraction of sp³-hybridized carbons (Fsp3) is 0.333. The molecule has 2 aromatic carbocycles. The van der Waals surface area contributed by atoms with Crippen molar-refractivity contribution < 1.29 is 24.1 Å². The molecule has 166 valence electrons. The van der Waals surface area contributed by atoms with Crippen molar-refractivity contribution in [3.63, 3.8) is 0 Å². The number of halogens is 1. The number of hydrogen-bond acceptors (Lipinski definition) is 4. The normalized spacial score (nSPS) is 20.8. The van der Waals surface area contributed by atoms with Gasteiger partial charge in [-0.3, -0.25) is 5.10 Å². The van der Waals surface area contributed by atoms with Gasteiger partial charge < -0.3 is 19.5 Å². The van der Waals surface area contributed by atoms with E-state index in [1.165, 1.54) is 13.2 Å². The van der Waals surface area contributed by atoms with Crippen molar-refractivity contribution in [1.29, 1.82) is 0 Å². The Morgan fingerprint density at radius 2 is 2.06 bits per heavy atom. The van der Waals surface area contributed by atoms with E-state index in [-0.39, 0.29) is 30.4 Å². The number of nitrogens with one attached hydrogen (secondary N) is 1. The number of aromatic amines is 1. The van der Waals surface area contributed by atoms with Gasteiger partial charge in [-0.2, -0.15) is 5.10 Å². The van der Waals surface area contributed by atoms with Crippen LogP contribution in [0.25, 0.3) is 27.5 Å². The standard InChI is InChI=1S/C24H24FN3O4/c1-12(2)22-21(14-9-24(31,10-14)23(29)30)16-8-18-13(11-26-27-18)6-19(16)28(22)15-4-5-17(25)20(7-15)32-3/h4-8,11-12,14,31H,9-10H2,1-3H3,(H,26,27)(H,29,30). The zero-order valence-electron chi connectivity index (χ0n) is 18.0. The first kappa shape index (κ1) is 20.5. The molecule has 5 rings (SSSR count). The van der Waals surface area contributed by atoms with Crippen LogP contribution in [0.2, 0.25) is 0 Å². The number of aliphatic carboxylic acids is 1. The molecule has 0 unspecified atom stereocenters. The van der Waals surface area contributed by atoms with Crippen molar-refractivity contribution in [3.8, 4) is 11.4 Å². The third-order valence-electron chi connectivity index (χ3n) is 6.52. The summed E-state index contributed by atoms with van der Waals surface area (Å²) in [6.07, 6.45) is 2.04. The summed E-state index contributed by atoms with van der Waals surface area (Å²) in [6, 6.07) is 8.81. The lowest BCUT2D eigenvalue weighted by molar-refractivity contribution is -0.169. The molecule has 2 heterocycles. The van der Waals surface area contributed by atoms with E-state index in [9.17, 15) is 19.4 Å². The summed E-state index contributed by atoms with van der Waals surface area (Å²) >= 11 is 0. The minimum Gasteiger partial charge on any atom is -0.494 e. The molecule has 2 aromatic heterocycles. The van der Waals surface area contributed by atoms with E-state index in [0.29, 0.717) is 0 Å². The van der Waals surface area contributed by atoms with Crippen LogP contribution in [0.5, 0.6) is 5.75 Å². The lowest BCUT2D eigenvalue weighted by Crippen LogP contribution is -2.49. The van der Waals surface area contributed by atoms with Crippen LogP contribution in [-0.2, 0) is 4.79 Å². The molecule has 1 saturated carbocycles. The van der Waals surface area contributed by atoms with Crippen molar-refractivity contribution >= 4 is 27.8 Å². The highest BCUT2D eigenvalue weighted by Gasteiger charge is 2.51. The van der Waals surface area contributed by atoms with Crippen molar-refractivity contribution in [2.45, 2.75) is 44.1 Å². The average Bonchev–Trinajstić information content (AvgIpc) is 3.31. The largest absolute Gasteiger partial charge is 0.494 e. The van der Waals surface area contributed by atoms with Gasteiger partial charge >= 0.3 is 5.97 Å². The quantitative estimate of drug-likeness (QED) is 0.428. The lowest BCUT2D eigenvalue weighted by atomic mass is 9.67. The number of ether oxygens (including phenoxy) is 1. The third kappa shape index (κ3) is 2.90. The van der Waals surface area contributed by atoms with Gasteiger partial charge in [-0.1, -0.05) is 13.8 Å². The van der Waals surface area contributed by atoms with Crippen LogP contribution in [0.15, 0.2) is 36.5 Å². The molecular formula is C24H24FN3O4. The summed E-state index contributed by atoms with van der Waals surface area (Å²) in [6.45, 7) is 4.15. The highest BCUT2D eigenvalue weighted by atomic mass is 19.1. The molecule has 0 amide bonds. The van der Waals surface area contributed by atoms with Gasteiger partial charge in [-0.05, 0) is 54.5 Å². The zero-order valence-corrected chi connectivity index (χ0v) is 18.0. The number of aliphatic hydroxyl groups is 1. The van der Waals surface area contributed by atoms with Gasteiger partial charge in [0.25, 0.3) is 0 Å². The predicted octanol–water partition coefficient (Wildman–Crippen LogP) is 4.47. The minimum atomic E-state index is -1.70. The van der Waals surface area contributed by atoms with Gasteiger partial charge in [0.2, 0.25) is 0 Å². The van der Waals surface area contributed by atoms with Gasteiger partial charge in [0, 0.05) is 28.2 Å². The van der Waals surface area contributed by atoms with E-state index >= 15 is 0 Å². The summed E-state index contributed by atoms with van der Waals surface area (Å²) in [5.41, 5.74) is 2.85. The Labute approximate surface area is 183 Å². The number of hydrogen-bond donors (Lipinski definition) is 3. The first-order valence-corrected chi connectivity index (χ1v) is 10.5. The van der Waals surface area contributed by atoms with E-state index in [2.05, 4.69) is 28.6 Å². The molecule has 0 spiro atoms. The second-order valence-electron chi connectivity index (χ2n) is 8.88. The molecule has 1 fully saturated rings. The smallest absolute Gasteiger partial charge is 0.335 e. The maximum absolute atomic E-state index is 14.2. The number of carboxylic acid groups (broad SMARTS) is 1. The molecule has 0 aliphatic heterocycles. The van der Waals surface area contributed by atoms with Gasteiger partial charge in [0.05, 0.1) is 24.3 Å². The molecular weight excluding hydrogens is 413 g/mol. The monoisotopic (exact) mass is 437 g/mol. The lowest BCUT2D eigenvalue weighted by Gasteiger charge is -2.41. The maximum Gasteiger partial charge on any atom is 0.335 e. The maximum atomic E-state index is 14.2. The van der Waals surface area contributed by atoms with Gasteiger partial charge in [0.1, 0.15) is 0 Å². The van der Waals surface area contributed by atoms with Crippen LogP contribution in [0.3, 0.4) is 0 Å². The Morgan fingerprint density at radius 3 is 2.72 bits per heavy atom. The molecule has 32 heavy (non-hydrogen) atoms. The number of carboxylic acids is 1. The second-order valence-corrected chi connectivity index (χ2v) is 8.88. The van der Waals surface area contributed by atoms with Crippen LogP contribution in [0.1, 0.15) is 49.8 Å². The topological polar surface area (TPSA) is 100 Å². The van der Waals surface area contributed by atoms with E-state index < -0.39 is 17.4 Å².